The number of ether oxygens (including phenoxy) is 2. The molecule has 1 fully saturated rings. The molecule has 10 heteroatoms. The van der Waals surface area contributed by atoms with Crippen molar-refractivity contribution in [1.82, 2.24) is 5.32 Å². The lowest BCUT2D eigenvalue weighted by Crippen LogP contribution is -2.54. The molecular formula is C27H23N3O7. The summed E-state index contributed by atoms with van der Waals surface area (Å²) in [5.41, 5.74) is 3.02. The fraction of sp³-hybridized carbons (Fsp3) is 0.148. The van der Waals surface area contributed by atoms with Gasteiger partial charge >= 0.3 is 6.03 Å². The third-order valence-electron chi connectivity index (χ3n) is 5.96. The molecule has 3 aromatic carbocycles. The number of nitrogens with one attached hydrogen (secondary N) is 1. The van der Waals surface area contributed by atoms with Crippen LogP contribution in [0.4, 0.5) is 16.2 Å². The van der Waals surface area contributed by atoms with Gasteiger partial charge in [-0.05, 0) is 72.5 Å². The quantitative estimate of drug-likeness (QED) is 0.219. The second-order valence-electron chi connectivity index (χ2n) is 8.30. The summed E-state index contributed by atoms with van der Waals surface area (Å²) in [4.78, 5) is 49.6. The van der Waals surface area contributed by atoms with E-state index < -0.39 is 22.8 Å². The number of hydrogen-bond acceptors (Lipinski definition) is 7. The average Bonchev–Trinajstić information content (AvgIpc) is 2.88. The minimum Gasteiger partial charge on any atom is -0.493 e. The highest BCUT2D eigenvalue weighted by Gasteiger charge is 2.37. The number of urea groups is 1. The van der Waals surface area contributed by atoms with E-state index in [-0.39, 0.29) is 17.9 Å². The Labute approximate surface area is 212 Å². The summed E-state index contributed by atoms with van der Waals surface area (Å²) in [6.07, 6.45) is 1.38. The molecule has 1 N–H and O–H groups in total. The first kappa shape index (κ1) is 25.1. The molecule has 0 unspecified atom stereocenters. The maximum atomic E-state index is 13.2. The van der Waals surface area contributed by atoms with E-state index in [9.17, 15) is 24.5 Å². The van der Waals surface area contributed by atoms with E-state index >= 15 is 0 Å². The molecule has 37 heavy (non-hydrogen) atoms. The lowest BCUT2D eigenvalue weighted by Gasteiger charge is -2.28. The topological polar surface area (TPSA) is 128 Å². The molecular weight excluding hydrogens is 478 g/mol. The van der Waals surface area contributed by atoms with E-state index in [2.05, 4.69) is 5.32 Å². The van der Waals surface area contributed by atoms with Gasteiger partial charge in [-0.25, -0.2) is 9.69 Å². The van der Waals surface area contributed by atoms with E-state index in [0.29, 0.717) is 22.7 Å². The number of hydrogen-bond donors (Lipinski definition) is 1. The van der Waals surface area contributed by atoms with Gasteiger partial charge in [-0.3, -0.25) is 25.0 Å². The average molecular weight is 501 g/mol. The Bertz CT molecular complexity index is 1440. The lowest BCUT2D eigenvalue weighted by atomic mass is 10.0. The number of anilines is 1. The summed E-state index contributed by atoms with van der Waals surface area (Å²) in [6.45, 7) is 3.80. The maximum Gasteiger partial charge on any atom is 0.335 e. The molecule has 1 aliphatic rings. The van der Waals surface area contributed by atoms with Crippen LogP contribution in [0.25, 0.3) is 6.08 Å². The molecule has 1 saturated heterocycles. The molecule has 0 atom stereocenters. The van der Waals surface area contributed by atoms with E-state index in [1.54, 1.807) is 49.4 Å². The Balaban J connectivity index is 1.58. The van der Waals surface area contributed by atoms with Crippen molar-refractivity contribution >= 4 is 35.3 Å². The molecule has 1 aliphatic heterocycles. The lowest BCUT2D eigenvalue weighted by molar-refractivity contribution is -0.384. The Hall–Kier alpha value is -4.99. The number of nitro benzene ring substituents is 1. The number of non-ortho nitro benzene ring substituents is 1. The molecule has 3 aromatic rings. The number of nitro groups is 1. The van der Waals surface area contributed by atoms with Crippen LogP contribution < -0.4 is 19.7 Å². The fourth-order valence-electron chi connectivity index (χ4n) is 3.79. The van der Waals surface area contributed by atoms with Crippen molar-refractivity contribution in [2.75, 3.05) is 12.0 Å². The van der Waals surface area contributed by atoms with Crippen LogP contribution >= 0.6 is 0 Å². The number of carbonyl (C=O) groups is 3. The highest BCUT2D eigenvalue weighted by molar-refractivity contribution is 6.39. The van der Waals surface area contributed by atoms with Gasteiger partial charge in [-0.1, -0.05) is 18.2 Å². The highest BCUT2D eigenvalue weighted by Crippen LogP contribution is 2.31. The molecule has 4 amide bonds. The van der Waals surface area contributed by atoms with Crippen LogP contribution in [-0.2, 0) is 16.2 Å². The number of barbiturate groups is 1. The van der Waals surface area contributed by atoms with Crippen molar-refractivity contribution in [2.45, 2.75) is 20.5 Å². The Kier molecular flexibility index (Phi) is 7.01. The van der Waals surface area contributed by atoms with E-state index in [4.69, 9.17) is 9.47 Å². The number of benzene rings is 3. The number of carbonyl (C=O) groups excluding carboxylic acids is 3. The van der Waals surface area contributed by atoms with Crippen molar-refractivity contribution < 1.29 is 28.8 Å². The normalized spacial score (nSPS) is 14.5. The number of nitrogens with zero attached hydrogens (tertiary/aromatic N) is 2. The molecule has 0 aromatic heterocycles. The van der Waals surface area contributed by atoms with E-state index in [1.165, 1.54) is 25.3 Å². The molecule has 0 spiro atoms. The van der Waals surface area contributed by atoms with Crippen molar-refractivity contribution in [3.05, 3.63) is 98.6 Å². The summed E-state index contributed by atoms with van der Waals surface area (Å²) in [5, 5.41) is 13.0. The first-order valence-corrected chi connectivity index (χ1v) is 11.2. The Morgan fingerprint density at radius 3 is 2.41 bits per heavy atom. The third kappa shape index (κ3) is 5.18. The minimum atomic E-state index is -0.812. The monoisotopic (exact) mass is 501 g/mol. The van der Waals surface area contributed by atoms with Crippen molar-refractivity contribution in [1.29, 1.82) is 0 Å². The van der Waals surface area contributed by atoms with Crippen LogP contribution in [0.1, 0.15) is 22.3 Å². The SMILES string of the molecule is COc1cc(/C=C2\C(=O)NC(=O)N(c3cccc(C)c3C)C2=O)ccc1OCc1ccc([N+](=O)[O-])cc1. The molecule has 0 aliphatic carbocycles. The first-order chi connectivity index (χ1) is 17.7. The van der Waals surface area contributed by atoms with Gasteiger partial charge in [-0.2, -0.15) is 0 Å². The summed E-state index contributed by atoms with van der Waals surface area (Å²) in [7, 11) is 1.45. The zero-order valence-corrected chi connectivity index (χ0v) is 20.3. The number of methoxy groups -OCH3 is 1. The van der Waals surface area contributed by atoms with Crippen LogP contribution in [0.2, 0.25) is 0 Å². The first-order valence-electron chi connectivity index (χ1n) is 11.2. The minimum absolute atomic E-state index is 0.0159. The van der Waals surface area contributed by atoms with Crippen molar-refractivity contribution in [3.8, 4) is 11.5 Å². The summed E-state index contributed by atoms with van der Waals surface area (Å²) in [6, 6.07) is 15.3. The summed E-state index contributed by atoms with van der Waals surface area (Å²) >= 11 is 0. The molecule has 4 rings (SSSR count). The highest BCUT2D eigenvalue weighted by atomic mass is 16.6. The molecule has 10 nitrogen and oxygen atoms in total. The van der Waals surface area contributed by atoms with E-state index in [0.717, 1.165) is 21.6 Å². The third-order valence-corrected chi connectivity index (χ3v) is 5.96. The van der Waals surface area contributed by atoms with Crippen LogP contribution in [0.3, 0.4) is 0 Å². The van der Waals surface area contributed by atoms with Crippen LogP contribution in [0.5, 0.6) is 11.5 Å². The summed E-state index contributed by atoms with van der Waals surface area (Å²) < 4.78 is 11.2. The van der Waals surface area contributed by atoms with Gasteiger partial charge in [0.25, 0.3) is 17.5 Å². The molecule has 0 radical (unpaired) electrons. The summed E-state index contributed by atoms with van der Waals surface area (Å²) in [5.74, 6) is -0.786. The van der Waals surface area contributed by atoms with Crippen molar-refractivity contribution in [2.24, 2.45) is 0 Å². The predicted octanol–water partition coefficient (Wildman–Crippen LogP) is 4.47. The Morgan fingerprint density at radius 2 is 1.73 bits per heavy atom. The number of imide groups is 2. The van der Waals surface area contributed by atoms with Gasteiger partial charge in [0.05, 0.1) is 17.7 Å². The standard InChI is InChI=1S/C27H23N3O7/c1-16-5-4-6-22(17(16)2)29-26(32)21(25(31)28-27(29)33)13-19-9-12-23(24(14-19)36-3)37-15-18-7-10-20(11-8-18)30(34)35/h4-14H,15H2,1-3H3,(H,28,31,33)/b21-13+. The second-order valence-corrected chi connectivity index (χ2v) is 8.30. The van der Waals surface area contributed by atoms with Crippen molar-refractivity contribution in [3.63, 3.8) is 0 Å². The van der Waals surface area contributed by atoms with Gasteiger partial charge in [0.15, 0.2) is 11.5 Å². The van der Waals surface area contributed by atoms with E-state index in [1.807, 2.05) is 13.0 Å². The number of aryl methyl sites for hydroxylation is 1. The van der Waals surface area contributed by atoms with Gasteiger partial charge in [0.2, 0.25) is 0 Å². The van der Waals surface area contributed by atoms with Gasteiger partial charge in [-0.15, -0.1) is 0 Å². The zero-order valence-electron chi connectivity index (χ0n) is 20.3. The molecule has 0 saturated carbocycles. The molecule has 0 bridgehead atoms. The number of amides is 4. The number of rotatable bonds is 7. The van der Waals surface area contributed by atoms with Gasteiger partial charge in [0.1, 0.15) is 12.2 Å². The fourth-order valence-corrected chi connectivity index (χ4v) is 3.79. The predicted molar refractivity (Wildman–Crippen MR) is 135 cm³/mol. The van der Waals surface area contributed by atoms with Crippen LogP contribution in [0.15, 0.2) is 66.2 Å². The second kappa shape index (κ2) is 10.3. The molecule has 188 valence electrons. The zero-order chi connectivity index (χ0) is 26.7. The van der Waals surface area contributed by atoms with Gasteiger partial charge in [0, 0.05) is 12.1 Å². The van der Waals surface area contributed by atoms with Crippen LogP contribution in [-0.4, -0.2) is 29.9 Å². The smallest absolute Gasteiger partial charge is 0.335 e. The molecule has 1 heterocycles. The van der Waals surface area contributed by atoms with Crippen LogP contribution in [0, 0.1) is 24.0 Å². The largest absolute Gasteiger partial charge is 0.493 e. The maximum absolute atomic E-state index is 13.2. The van der Waals surface area contributed by atoms with Gasteiger partial charge < -0.3 is 9.47 Å². The Morgan fingerprint density at radius 1 is 1.00 bits per heavy atom.